The lowest BCUT2D eigenvalue weighted by molar-refractivity contribution is 0.245. The van der Waals surface area contributed by atoms with Gasteiger partial charge in [-0.25, -0.2) is 0 Å². The predicted molar refractivity (Wildman–Crippen MR) is 77.6 cm³/mol. The number of hydrogen-bond donors (Lipinski definition) is 1. The van der Waals surface area contributed by atoms with Crippen LogP contribution in [0.5, 0.6) is 0 Å². The summed E-state index contributed by atoms with van der Waals surface area (Å²) in [6, 6.07) is 15.9. The average Bonchev–Trinajstić information content (AvgIpc) is 2.37. The summed E-state index contributed by atoms with van der Waals surface area (Å²) in [4.78, 5) is 0. The molecule has 1 nitrogen and oxygen atoms in total. The van der Waals surface area contributed by atoms with Gasteiger partial charge in [-0.15, -0.1) is 0 Å². The average molecular weight is 259 g/mol. The first-order valence-electron chi connectivity index (χ1n) is 5.88. The first-order valence-corrected chi connectivity index (χ1v) is 6.26. The summed E-state index contributed by atoms with van der Waals surface area (Å²) in [6.45, 7) is 1.72. The minimum atomic E-state index is -0.447. The highest BCUT2D eigenvalue weighted by Gasteiger charge is 2.03. The van der Waals surface area contributed by atoms with Crippen LogP contribution in [-0.2, 0) is 0 Å². The molecule has 1 unspecified atom stereocenters. The second kappa shape index (κ2) is 5.85. The Balaban J connectivity index is 2.31. The number of benzene rings is 2. The Labute approximate surface area is 112 Å². The lowest BCUT2D eigenvalue weighted by Crippen LogP contribution is -1.91. The minimum absolute atomic E-state index is 0.447. The van der Waals surface area contributed by atoms with Gasteiger partial charge in [0.2, 0.25) is 0 Å². The Morgan fingerprint density at radius 3 is 2.44 bits per heavy atom. The van der Waals surface area contributed by atoms with E-state index in [1.807, 2.05) is 54.6 Å². The third-order valence-corrected chi connectivity index (χ3v) is 2.96. The van der Waals surface area contributed by atoms with Crippen LogP contribution in [0.3, 0.4) is 0 Å². The van der Waals surface area contributed by atoms with Crippen molar-refractivity contribution >= 4 is 17.7 Å². The fourth-order valence-corrected chi connectivity index (χ4v) is 2.04. The fraction of sp³-hybridized carbons (Fsp3) is 0.125. The molecular formula is C16H15ClO. The standard InChI is InChI=1S/C16H15ClO/c1-12(18)7-8-13-9-10-15(16(17)11-13)14-5-3-2-4-6-14/h2-12,18H,1H3/b8-7+. The Morgan fingerprint density at radius 1 is 1.11 bits per heavy atom. The van der Waals surface area contributed by atoms with Gasteiger partial charge in [-0.1, -0.05) is 66.2 Å². The van der Waals surface area contributed by atoms with Crippen molar-refractivity contribution in [2.45, 2.75) is 13.0 Å². The normalized spacial score (nSPS) is 12.8. The van der Waals surface area contributed by atoms with Crippen molar-refractivity contribution in [3.8, 4) is 11.1 Å². The molecule has 0 amide bonds. The monoisotopic (exact) mass is 258 g/mol. The molecule has 0 aromatic heterocycles. The third-order valence-electron chi connectivity index (χ3n) is 2.65. The van der Waals surface area contributed by atoms with Gasteiger partial charge in [0, 0.05) is 10.6 Å². The minimum Gasteiger partial charge on any atom is -0.389 e. The van der Waals surface area contributed by atoms with Crippen LogP contribution in [-0.4, -0.2) is 11.2 Å². The molecule has 0 saturated carbocycles. The molecule has 92 valence electrons. The SMILES string of the molecule is CC(O)/C=C/c1ccc(-c2ccccc2)c(Cl)c1. The van der Waals surface area contributed by atoms with Crippen molar-refractivity contribution in [2.24, 2.45) is 0 Å². The quantitative estimate of drug-likeness (QED) is 0.865. The molecule has 0 bridgehead atoms. The van der Waals surface area contributed by atoms with Crippen LogP contribution < -0.4 is 0 Å². The van der Waals surface area contributed by atoms with Crippen molar-refractivity contribution in [1.82, 2.24) is 0 Å². The second-order valence-corrected chi connectivity index (χ2v) is 4.61. The first kappa shape index (κ1) is 12.9. The highest BCUT2D eigenvalue weighted by molar-refractivity contribution is 6.33. The Morgan fingerprint density at radius 2 is 1.83 bits per heavy atom. The Kier molecular flexibility index (Phi) is 4.19. The molecule has 18 heavy (non-hydrogen) atoms. The molecule has 0 saturated heterocycles. The largest absolute Gasteiger partial charge is 0.389 e. The number of hydrogen-bond acceptors (Lipinski definition) is 1. The number of aliphatic hydroxyl groups excluding tert-OH is 1. The van der Waals surface area contributed by atoms with Crippen LogP contribution in [0.2, 0.25) is 5.02 Å². The molecule has 1 atom stereocenters. The molecule has 2 aromatic carbocycles. The number of halogens is 1. The summed E-state index contributed by atoms with van der Waals surface area (Å²) in [5, 5.41) is 9.91. The van der Waals surface area contributed by atoms with Gasteiger partial charge in [0.15, 0.2) is 0 Å². The van der Waals surface area contributed by atoms with Crippen molar-refractivity contribution < 1.29 is 5.11 Å². The molecule has 0 aliphatic carbocycles. The summed E-state index contributed by atoms with van der Waals surface area (Å²) in [5.74, 6) is 0. The molecule has 0 heterocycles. The molecule has 0 spiro atoms. The van der Waals surface area contributed by atoms with Crippen LogP contribution in [0.4, 0.5) is 0 Å². The summed E-state index contributed by atoms with van der Waals surface area (Å²) in [7, 11) is 0. The van der Waals surface area contributed by atoms with Crippen molar-refractivity contribution in [3.63, 3.8) is 0 Å². The van der Waals surface area contributed by atoms with E-state index in [1.54, 1.807) is 13.0 Å². The van der Waals surface area contributed by atoms with E-state index in [0.717, 1.165) is 16.7 Å². The van der Waals surface area contributed by atoms with Crippen molar-refractivity contribution in [3.05, 3.63) is 65.2 Å². The van der Waals surface area contributed by atoms with Gasteiger partial charge in [-0.05, 0) is 24.1 Å². The second-order valence-electron chi connectivity index (χ2n) is 4.21. The van der Waals surface area contributed by atoms with Crippen molar-refractivity contribution in [1.29, 1.82) is 0 Å². The zero-order valence-corrected chi connectivity index (χ0v) is 10.9. The third kappa shape index (κ3) is 3.22. The summed E-state index contributed by atoms with van der Waals surface area (Å²) in [5.41, 5.74) is 3.11. The van der Waals surface area contributed by atoms with Crippen LogP contribution in [0.25, 0.3) is 17.2 Å². The lowest BCUT2D eigenvalue weighted by atomic mass is 10.0. The highest BCUT2D eigenvalue weighted by Crippen LogP contribution is 2.28. The summed E-state index contributed by atoms with van der Waals surface area (Å²) >= 11 is 6.28. The van der Waals surface area contributed by atoms with E-state index in [0.29, 0.717) is 5.02 Å². The van der Waals surface area contributed by atoms with E-state index < -0.39 is 6.10 Å². The smallest absolute Gasteiger partial charge is 0.0696 e. The molecule has 0 aliphatic rings. The predicted octanol–water partition coefficient (Wildman–Crippen LogP) is 4.40. The molecule has 0 aliphatic heterocycles. The van der Waals surface area contributed by atoms with Gasteiger partial charge in [0.25, 0.3) is 0 Å². The van der Waals surface area contributed by atoms with Crippen molar-refractivity contribution in [2.75, 3.05) is 0 Å². The van der Waals surface area contributed by atoms with Crippen LogP contribution in [0, 0.1) is 0 Å². The van der Waals surface area contributed by atoms with E-state index >= 15 is 0 Å². The molecule has 2 heteroatoms. The van der Waals surface area contributed by atoms with E-state index in [2.05, 4.69) is 0 Å². The van der Waals surface area contributed by atoms with Gasteiger partial charge in [-0.2, -0.15) is 0 Å². The highest BCUT2D eigenvalue weighted by atomic mass is 35.5. The zero-order valence-electron chi connectivity index (χ0n) is 10.2. The van der Waals surface area contributed by atoms with Gasteiger partial charge in [-0.3, -0.25) is 0 Å². The maximum absolute atomic E-state index is 9.20. The molecule has 0 radical (unpaired) electrons. The topological polar surface area (TPSA) is 20.2 Å². The zero-order chi connectivity index (χ0) is 13.0. The van der Waals surface area contributed by atoms with E-state index in [4.69, 9.17) is 11.6 Å². The van der Waals surface area contributed by atoms with Gasteiger partial charge < -0.3 is 5.11 Å². The van der Waals surface area contributed by atoms with E-state index in [9.17, 15) is 5.11 Å². The van der Waals surface area contributed by atoms with E-state index in [1.165, 1.54) is 0 Å². The molecule has 0 fully saturated rings. The first-order chi connectivity index (χ1) is 8.66. The molecule has 2 rings (SSSR count). The Hall–Kier alpha value is -1.57. The molecular weight excluding hydrogens is 244 g/mol. The molecule has 2 aromatic rings. The maximum atomic E-state index is 9.20. The van der Waals surface area contributed by atoms with Crippen LogP contribution >= 0.6 is 11.6 Å². The van der Waals surface area contributed by atoms with E-state index in [-0.39, 0.29) is 0 Å². The summed E-state index contributed by atoms with van der Waals surface area (Å²) < 4.78 is 0. The lowest BCUT2D eigenvalue weighted by Gasteiger charge is -2.05. The van der Waals surface area contributed by atoms with Gasteiger partial charge in [0.05, 0.1) is 6.10 Å². The Bertz CT molecular complexity index is 544. The van der Waals surface area contributed by atoms with Gasteiger partial charge in [0.1, 0.15) is 0 Å². The summed E-state index contributed by atoms with van der Waals surface area (Å²) in [6.07, 6.45) is 3.15. The van der Waals surface area contributed by atoms with Gasteiger partial charge >= 0.3 is 0 Å². The molecule has 1 N–H and O–H groups in total. The van der Waals surface area contributed by atoms with Crippen LogP contribution in [0.15, 0.2) is 54.6 Å². The number of aliphatic hydroxyl groups is 1. The maximum Gasteiger partial charge on any atom is 0.0696 e. The number of rotatable bonds is 3. The fourth-order valence-electron chi connectivity index (χ4n) is 1.74. The van der Waals surface area contributed by atoms with Crippen LogP contribution in [0.1, 0.15) is 12.5 Å².